The van der Waals surface area contributed by atoms with Crippen LogP contribution in [0.1, 0.15) is 39.6 Å². The fraction of sp³-hybridized carbons (Fsp3) is 0.450. The van der Waals surface area contributed by atoms with Crippen LogP contribution in [0.2, 0.25) is 0 Å². The summed E-state index contributed by atoms with van der Waals surface area (Å²) in [6.45, 7) is 3.54. The van der Waals surface area contributed by atoms with Crippen LogP contribution in [0, 0.1) is 18.3 Å². The van der Waals surface area contributed by atoms with Gasteiger partial charge in [-0.15, -0.1) is 11.3 Å². The summed E-state index contributed by atoms with van der Waals surface area (Å²) in [4.78, 5) is 15.2. The Morgan fingerprint density at radius 3 is 2.88 bits per heavy atom. The highest BCUT2D eigenvalue weighted by Gasteiger charge is 2.69. The summed E-state index contributed by atoms with van der Waals surface area (Å²) in [5.41, 5.74) is 1.85. The number of nitrogens with one attached hydrogen (secondary N) is 1. The average molecular weight is 339 g/mol. The number of benzene rings is 1. The van der Waals surface area contributed by atoms with Gasteiger partial charge in [0.1, 0.15) is 0 Å². The third-order valence-corrected chi connectivity index (χ3v) is 8.01. The molecule has 4 heteroatoms. The molecule has 0 amide bonds. The first kappa shape index (κ1) is 14.7. The van der Waals surface area contributed by atoms with Gasteiger partial charge in [-0.3, -0.25) is 4.79 Å². The van der Waals surface area contributed by atoms with Crippen molar-refractivity contribution in [3.8, 4) is 0 Å². The zero-order chi connectivity index (χ0) is 16.5. The number of carbonyl (C=O) groups is 1. The van der Waals surface area contributed by atoms with Crippen molar-refractivity contribution in [2.45, 2.75) is 31.1 Å². The van der Waals surface area contributed by atoms with Gasteiger partial charge in [-0.1, -0.05) is 24.3 Å². The molecule has 1 aliphatic heterocycles. The summed E-state index contributed by atoms with van der Waals surface area (Å²) in [7, 11) is 0. The lowest BCUT2D eigenvalue weighted by molar-refractivity contribution is -0.157. The number of aliphatic carboxylic acids is 1. The molecule has 2 aromatic rings. The fourth-order valence-electron chi connectivity index (χ4n) is 5.95. The molecule has 2 fully saturated rings. The molecule has 4 aliphatic rings. The summed E-state index contributed by atoms with van der Waals surface area (Å²) in [6.07, 6.45) is 2.04. The van der Waals surface area contributed by atoms with E-state index in [1.165, 1.54) is 20.9 Å². The third kappa shape index (κ3) is 1.50. The summed E-state index contributed by atoms with van der Waals surface area (Å²) in [6, 6.07) is 13.0. The molecule has 2 heterocycles. The molecule has 2 N–H and O–H groups in total. The molecule has 1 aromatic heterocycles. The highest BCUT2D eigenvalue weighted by molar-refractivity contribution is 7.12. The van der Waals surface area contributed by atoms with Gasteiger partial charge >= 0.3 is 5.97 Å². The second-order valence-corrected chi connectivity index (χ2v) is 8.88. The van der Waals surface area contributed by atoms with Crippen LogP contribution in [-0.4, -0.2) is 24.2 Å². The summed E-state index contributed by atoms with van der Waals surface area (Å²) in [5.74, 6) is -0.349. The molecule has 3 aliphatic carbocycles. The van der Waals surface area contributed by atoms with E-state index in [1.807, 2.05) is 11.3 Å². The fourth-order valence-corrected chi connectivity index (χ4v) is 7.11. The van der Waals surface area contributed by atoms with Gasteiger partial charge in [-0.25, -0.2) is 0 Å². The van der Waals surface area contributed by atoms with Crippen LogP contribution in [0.5, 0.6) is 0 Å². The van der Waals surface area contributed by atoms with Gasteiger partial charge in [0.2, 0.25) is 0 Å². The van der Waals surface area contributed by atoms with Crippen molar-refractivity contribution in [3.63, 3.8) is 0 Å². The minimum atomic E-state index is -0.662. The maximum atomic E-state index is 12.5. The van der Waals surface area contributed by atoms with E-state index >= 15 is 0 Å². The number of hydrogen-bond acceptors (Lipinski definition) is 3. The van der Waals surface area contributed by atoms with Gasteiger partial charge in [-0.05, 0) is 43.0 Å². The SMILES string of the molecule is Cc1ccc(C23CCC(c4ccccc42)C2(C(=O)O)CNCC32)s1. The molecular formula is C20H21NO2S. The van der Waals surface area contributed by atoms with Crippen molar-refractivity contribution in [2.24, 2.45) is 11.3 Å². The zero-order valence-electron chi connectivity index (χ0n) is 13.7. The van der Waals surface area contributed by atoms with Crippen molar-refractivity contribution < 1.29 is 9.90 Å². The first-order valence-corrected chi connectivity index (χ1v) is 9.53. The topological polar surface area (TPSA) is 49.3 Å². The maximum Gasteiger partial charge on any atom is 0.311 e. The number of rotatable bonds is 2. The van der Waals surface area contributed by atoms with E-state index in [0.717, 1.165) is 19.4 Å². The molecule has 1 saturated heterocycles. The maximum absolute atomic E-state index is 12.5. The first-order valence-electron chi connectivity index (χ1n) is 8.71. The van der Waals surface area contributed by atoms with Crippen molar-refractivity contribution in [1.29, 1.82) is 0 Å². The zero-order valence-corrected chi connectivity index (χ0v) is 14.5. The van der Waals surface area contributed by atoms with Gasteiger partial charge < -0.3 is 10.4 Å². The van der Waals surface area contributed by atoms with Crippen molar-refractivity contribution in [2.75, 3.05) is 13.1 Å². The molecule has 0 radical (unpaired) electrons. The lowest BCUT2D eigenvalue weighted by Crippen LogP contribution is -2.60. The Balaban J connectivity index is 1.86. The Kier molecular flexibility index (Phi) is 2.88. The number of fused-ring (bicyclic) bond motifs is 1. The normalized spacial score (nSPS) is 36.4. The molecule has 2 bridgehead atoms. The number of carboxylic acid groups (broad SMARTS) is 1. The van der Waals surface area contributed by atoms with Gasteiger partial charge in [0.15, 0.2) is 0 Å². The summed E-state index contributed by atoms with van der Waals surface area (Å²) in [5, 5.41) is 13.7. The Hall–Kier alpha value is -1.65. The number of hydrogen-bond donors (Lipinski definition) is 2. The first-order chi connectivity index (χ1) is 11.6. The van der Waals surface area contributed by atoms with E-state index in [4.69, 9.17) is 0 Å². The van der Waals surface area contributed by atoms with Crippen LogP contribution in [0.15, 0.2) is 36.4 Å². The van der Waals surface area contributed by atoms with Gasteiger partial charge in [0.05, 0.1) is 5.41 Å². The van der Waals surface area contributed by atoms with Crippen LogP contribution in [0.3, 0.4) is 0 Å². The second kappa shape index (κ2) is 4.70. The number of carboxylic acids is 1. The highest BCUT2D eigenvalue weighted by Crippen LogP contribution is 2.68. The van der Waals surface area contributed by atoms with E-state index in [9.17, 15) is 9.90 Å². The van der Waals surface area contributed by atoms with Crippen molar-refractivity contribution in [3.05, 3.63) is 57.3 Å². The molecule has 24 heavy (non-hydrogen) atoms. The smallest absolute Gasteiger partial charge is 0.311 e. The third-order valence-electron chi connectivity index (χ3n) is 6.83. The molecule has 4 unspecified atom stereocenters. The van der Waals surface area contributed by atoms with Crippen LogP contribution < -0.4 is 5.32 Å². The van der Waals surface area contributed by atoms with Crippen LogP contribution >= 0.6 is 11.3 Å². The predicted molar refractivity (Wildman–Crippen MR) is 94.7 cm³/mol. The monoisotopic (exact) mass is 339 g/mol. The molecule has 6 rings (SSSR count). The summed E-state index contributed by atoms with van der Waals surface area (Å²) >= 11 is 1.84. The number of aryl methyl sites for hydroxylation is 1. The van der Waals surface area contributed by atoms with E-state index in [-0.39, 0.29) is 17.3 Å². The largest absolute Gasteiger partial charge is 0.481 e. The van der Waals surface area contributed by atoms with Gasteiger partial charge in [0.25, 0.3) is 0 Å². The molecule has 1 aromatic carbocycles. The molecular weight excluding hydrogens is 318 g/mol. The van der Waals surface area contributed by atoms with E-state index in [0.29, 0.717) is 6.54 Å². The minimum Gasteiger partial charge on any atom is -0.481 e. The predicted octanol–water partition coefficient (Wildman–Crippen LogP) is 3.52. The van der Waals surface area contributed by atoms with Crippen molar-refractivity contribution in [1.82, 2.24) is 5.32 Å². The Bertz CT molecular complexity index is 844. The molecule has 0 spiro atoms. The second-order valence-electron chi connectivity index (χ2n) is 7.59. The standard InChI is InChI=1S/C20H21NO2S/c1-12-6-7-17(24-12)19-9-8-15(13-4-2-3-5-14(13)19)20(18(22)23)11-21-10-16(19)20/h2-7,15-16,21H,8-11H2,1H3,(H,22,23). The molecule has 124 valence electrons. The summed E-state index contributed by atoms with van der Waals surface area (Å²) < 4.78 is 0. The van der Waals surface area contributed by atoms with E-state index < -0.39 is 11.4 Å². The average Bonchev–Trinajstić information content (AvgIpc) is 3.23. The highest BCUT2D eigenvalue weighted by atomic mass is 32.1. The Morgan fingerprint density at radius 1 is 1.29 bits per heavy atom. The lowest BCUT2D eigenvalue weighted by Gasteiger charge is -2.59. The van der Waals surface area contributed by atoms with Gasteiger partial charge in [-0.2, -0.15) is 0 Å². The van der Waals surface area contributed by atoms with E-state index in [2.05, 4.69) is 48.6 Å². The Labute approximate surface area is 145 Å². The van der Waals surface area contributed by atoms with Crippen LogP contribution in [0.25, 0.3) is 0 Å². The Morgan fingerprint density at radius 2 is 2.12 bits per heavy atom. The van der Waals surface area contributed by atoms with Crippen LogP contribution in [0.4, 0.5) is 0 Å². The minimum absolute atomic E-state index is 0.133. The lowest BCUT2D eigenvalue weighted by atomic mass is 9.43. The molecule has 1 saturated carbocycles. The van der Waals surface area contributed by atoms with Crippen molar-refractivity contribution >= 4 is 17.3 Å². The quantitative estimate of drug-likeness (QED) is 0.880. The number of thiophene rings is 1. The van der Waals surface area contributed by atoms with Gasteiger partial charge in [0, 0.05) is 40.1 Å². The van der Waals surface area contributed by atoms with Crippen LogP contribution in [-0.2, 0) is 10.2 Å². The molecule has 4 atom stereocenters. The van der Waals surface area contributed by atoms with E-state index in [1.54, 1.807) is 0 Å². The molecule has 3 nitrogen and oxygen atoms in total.